The monoisotopic (exact) mass is 449 g/mol. The molecular weight excluding hydrogens is 425 g/mol. The third-order valence-corrected chi connectivity index (χ3v) is 4.64. The Balaban J connectivity index is 1.87. The summed E-state index contributed by atoms with van der Waals surface area (Å²) in [5.41, 5.74) is 3.89. The van der Waals surface area contributed by atoms with Crippen LogP contribution in [-0.2, 0) is 11.3 Å². The number of nitrogens with one attached hydrogen (secondary N) is 1. The number of nitrogens with zero attached hydrogens (tertiary/aromatic N) is 5. The van der Waals surface area contributed by atoms with Crippen LogP contribution in [0.2, 0.25) is 0 Å². The molecule has 4 aromatic rings. The van der Waals surface area contributed by atoms with Crippen LogP contribution < -0.4 is 16.2 Å². The normalized spacial score (nSPS) is 11.4. The maximum atomic E-state index is 13.6. The molecule has 0 spiro atoms. The largest absolute Gasteiger partial charge is 0.443 e. The summed E-state index contributed by atoms with van der Waals surface area (Å²) >= 11 is 0. The number of aromatic nitrogens is 4. The van der Waals surface area contributed by atoms with E-state index in [4.69, 9.17) is 10.6 Å². The first-order valence-corrected chi connectivity index (χ1v) is 10.3. The molecule has 4 rings (SSSR count). The van der Waals surface area contributed by atoms with Crippen LogP contribution in [-0.4, -0.2) is 31.2 Å². The number of amides is 1. The van der Waals surface area contributed by atoms with Gasteiger partial charge in [-0.3, -0.25) is 5.43 Å². The van der Waals surface area contributed by atoms with E-state index in [1.807, 2.05) is 34.9 Å². The molecule has 0 aliphatic rings. The minimum Gasteiger partial charge on any atom is -0.443 e. The molecule has 0 atom stereocenters. The number of carbonyl (C=O) groups excluding carboxylic acids is 1. The number of halogens is 1. The van der Waals surface area contributed by atoms with Crippen LogP contribution in [0.3, 0.4) is 0 Å². The van der Waals surface area contributed by atoms with Gasteiger partial charge in [-0.2, -0.15) is 9.97 Å². The highest BCUT2D eigenvalue weighted by Gasteiger charge is 2.29. The lowest BCUT2D eigenvalue weighted by Crippen LogP contribution is -2.34. The van der Waals surface area contributed by atoms with Crippen molar-refractivity contribution in [3.05, 3.63) is 72.3 Å². The highest BCUT2D eigenvalue weighted by atomic mass is 19.1. The van der Waals surface area contributed by atoms with Crippen molar-refractivity contribution in [1.29, 1.82) is 0 Å². The Labute approximate surface area is 190 Å². The number of ether oxygens (including phenoxy) is 1. The fraction of sp³-hybridized carbons (Fsp3) is 0.217. The molecule has 2 aromatic heterocycles. The lowest BCUT2D eigenvalue weighted by molar-refractivity contribution is 0.0598. The predicted molar refractivity (Wildman–Crippen MR) is 123 cm³/mol. The first-order valence-electron chi connectivity index (χ1n) is 10.3. The maximum absolute atomic E-state index is 13.6. The van der Waals surface area contributed by atoms with Crippen molar-refractivity contribution in [1.82, 2.24) is 19.5 Å². The van der Waals surface area contributed by atoms with E-state index in [1.54, 1.807) is 27.1 Å². The zero-order chi connectivity index (χ0) is 23.6. The van der Waals surface area contributed by atoms with Crippen LogP contribution in [0.25, 0.3) is 11.2 Å². The molecule has 0 aliphatic heterocycles. The Hall–Kier alpha value is -4.05. The van der Waals surface area contributed by atoms with Gasteiger partial charge >= 0.3 is 6.09 Å². The van der Waals surface area contributed by atoms with Crippen molar-refractivity contribution in [3.8, 4) is 0 Å². The molecule has 170 valence electrons. The van der Waals surface area contributed by atoms with Gasteiger partial charge in [0.1, 0.15) is 11.4 Å². The molecule has 0 radical (unpaired) electrons. The van der Waals surface area contributed by atoms with E-state index in [0.29, 0.717) is 23.4 Å². The van der Waals surface area contributed by atoms with Gasteiger partial charge in [0, 0.05) is 0 Å². The predicted octanol–water partition coefficient (Wildman–Crippen LogP) is 4.37. The van der Waals surface area contributed by atoms with Crippen LogP contribution in [0.4, 0.5) is 26.6 Å². The minimum atomic E-state index is -0.775. The Bertz CT molecular complexity index is 1270. The second-order valence-electron chi connectivity index (χ2n) is 8.34. The molecule has 3 N–H and O–H groups in total. The van der Waals surface area contributed by atoms with Crippen LogP contribution in [0.15, 0.2) is 60.9 Å². The van der Waals surface area contributed by atoms with E-state index in [1.165, 1.54) is 29.2 Å². The lowest BCUT2D eigenvalue weighted by Gasteiger charge is -2.27. The summed E-state index contributed by atoms with van der Waals surface area (Å²) in [5, 5.41) is 0. The molecule has 1 amide bonds. The molecular formula is C23H24FN7O2. The lowest BCUT2D eigenvalue weighted by atomic mass is 10.2. The van der Waals surface area contributed by atoms with Gasteiger partial charge in [-0.25, -0.2) is 24.9 Å². The number of rotatable bonds is 5. The van der Waals surface area contributed by atoms with Crippen molar-refractivity contribution in [3.63, 3.8) is 0 Å². The number of hydrazine groups is 1. The smallest absolute Gasteiger partial charge is 0.420 e. The molecule has 0 aliphatic carbocycles. The Morgan fingerprint density at radius 3 is 2.45 bits per heavy atom. The third-order valence-electron chi connectivity index (χ3n) is 4.64. The Kier molecular flexibility index (Phi) is 5.93. The summed E-state index contributed by atoms with van der Waals surface area (Å²) in [4.78, 5) is 27.8. The molecule has 0 fully saturated rings. The van der Waals surface area contributed by atoms with Gasteiger partial charge in [0.05, 0.1) is 18.6 Å². The summed E-state index contributed by atoms with van der Waals surface area (Å²) in [5.74, 6) is 5.43. The zero-order valence-electron chi connectivity index (χ0n) is 18.5. The first kappa shape index (κ1) is 22.2. The quantitative estimate of drug-likeness (QED) is 0.344. The van der Waals surface area contributed by atoms with Gasteiger partial charge in [0.2, 0.25) is 5.95 Å². The van der Waals surface area contributed by atoms with Crippen molar-refractivity contribution in [2.45, 2.75) is 32.9 Å². The number of anilines is 3. The van der Waals surface area contributed by atoms with E-state index in [-0.39, 0.29) is 11.8 Å². The number of hydrogen-bond acceptors (Lipinski definition) is 7. The second kappa shape index (κ2) is 8.83. The summed E-state index contributed by atoms with van der Waals surface area (Å²) in [7, 11) is 0. The maximum Gasteiger partial charge on any atom is 0.420 e. The summed E-state index contributed by atoms with van der Waals surface area (Å²) in [6.07, 6.45) is 0.920. The van der Waals surface area contributed by atoms with Crippen LogP contribution in [0.1, 0.15) is 26.3 Å². The van der Waals surface area contributed by atoms with Crippen LogP contribution >= 0.6 is 0 Å². The Morgan fingerprint density at radius 2 is 1.82 bits per heavy atom. The second-order valence-corrected chi connectivity index (χ2v) is 8.34. The van der Waals surface area contributed by atoms with Gasteiger partial charge in [0.25, 0.3) is 0 Å². The zero-order valence-corrected chi connectivity index (χ0v) is 18.5. The fourth-order valence-electron chi connectivity index (χ4n) is 3.26. The summed E-state index contributed by atoms with van der Waals surface area (Å²) in [6.45, 7) is 5.76. The molecule has 0 unspecified atom stereocenters. The summed E-state index contributed by atoms with van der Waals surface area (Å²) < 4.78 is 21.0. The fourth-order valence-corrected chi connectivity index (χ4v) is 3.26. The number of benzene rings is 2. The van der Waals surface area contributed by atoms with E-state index >= 15 is 0 Å². The molecule has 0 saturated heterocycles. The number of nitrogen functional groups attached to an aromatic ring is 1. The molecule has 0 saturated carbocycles. The summed E-state index contributed by atoms with van der Waals surface area (Å²) in [6, 6.07) is 15.2. The Morgan fingerprint density at radius 1 is 1.12 bits per heavy atom. The number of nitrogens with two attached hydrogens (primary N) is 1. The average molecular weight is 449 g/mol. The van der Waals surface area contributed by atoms with Crippen molar-refractivity contribution in [2.75, 3.05) is 10.3 Å². The van der Waals surface area contributed by atoms with E-state index in [9.17, 15) is 9.18 Å². The average Bonchev–Trinajstić information content (AvgIpc) is 3.17. The van der Waals surface area contributed by atoms with Crippen molar-refractivity contribution >= 4 is 34.7 Å². The van der Waals surface area contributed by atoms with E-state index in [0.717, 1.165) is 5.56 Å². The molecule has 33 heavy (non-hydrogen) atoms. The molecule has 2 aromatic carbocycles. The van der Waals surface area contributed by atoms with Crippen molar-refractivity contribution in [2.24, 2.45) is 5.84 Å². The standard InChI is InChI=1S/C23H24FN7O2/c1-23(2,3)33-22(32)31(17-11-9-16(24)10-12-17)20-18-19(27-21(28-20)29-25)30(14-26-18)13-15-7-5-4-6-8-15/h4-12,14H,13,25H2,1-3H3,(H,27,28,29). The highest BCUT2D eigenvalue weighted by Crippen LogP contribution is 2.32. The van der Waals surface area contributed by atoms with Gasteiger partial charge in [-0.15, -0.1) is 0 Å². The van der Waals surface area contributed by atoms with Gasteiger partial charge < -0.3 is 9.30 Å². The minimum absolute atomic E-state index is 0.0861. The molecule has 2 heterocycles. The van der Waals surface area contributed by atoms with Gasteiger partial charge in [-0.1, -0.05) is 30.3 Å². The number of fused-ring (bicyclic) bond motifs is 1. The van der Waals surface area contributed by atoms with E-state index < -0.39 is 17.5 Å². The van der Waals surface area contributed by atoms with Crippen molar-refractivity contribution < 1.29 is 13.9 Å². The van der Waals surface area contributed by atoms with Gasteiger partial charge in [-0.05, 0) is 50.6 Å². The van der Waals surface area contributed by atoms with Crippen LogP contribution in [0, 0.1) is 5.82 Å². The first-order chi connectivity index (χ1) is 15.7. The number of imidazole rings is 1. The SMILES string of the molecule is CC(C)(C)OC(=O)N(c1ccc(F)cc1)c1nc(NN)nc2c1ncn2Cc1ccccc1. The number of hydrogen-bond donors (Lipinski definition) is 2. The molecule has 10 heteroatoms. The topological polar surface area (TPSA) is 111 Å². The highest BCUT2D eigenvalue weighted by molar-refractivity contribution is 6.02. The van der Waals surface area contributed by atoms with E-state index in [2.05, 4.69) is 20.4 Å². The van der Waals surface area contributed by atoms with Gasteiger partial charge in [0.15, 0.2) is 17.0 Å². The third kappa shape index (κ3) is 4.90. The van der Waals surface area contributed by atoms with Crippen LogP contribution in [0.5, 0.6) is 0 Å². The molecule has 0 bridgehead atoms. The molecule has 9 nitrogen and oxygen atoms in total. The number of carbonyl (C=O) groups is 1.